The van der Waals surface area contributed by atoms with Gasteiger partial charge in [0, 0.05) is 63.6 Å². The fourth-order valence-corrected chi connectivity index (χ4v) is 11.6. The predicted octanol–water partition coefficient (Wildman–Crippen LogP) is 16.4. The van der Waals surface area contributed by atoms with Gasteiger partial charge in [-0.15, -0.1) is 11.3 Å². The van der Waals surface area contributed by atoms with Crippen LogP contribution in [0.3, 0.4) is 0 Å². The first-order chi connectivity index (χ1) is 32.7. The van der Waals surface area contributed by atoms with Crippen LogP contribution in [0.2, 0.25) is 0 Å². The van der Waals surface area contributed by atoms with E-state index in [1.807, 2.05) is 18.2 Å². The van der Waals surface area contributed by atoms with E-state index in [0.717, 1.165) is 92.8 Å². The summed E-state index contributed by atoms with van der Waals surface area (Å²) >= 11 is 1.76. The summed E-state index contributed by atoms with van der Waals surface area (Å²) in [5.41, 5.74) is 8.87. The van der Waals surface area contributed by atoms with Crippen LogP contribution in [0.25, 0.3) is 147 Å². The number of aromatic nitrogens is 4. The van der Waals surface area contributed by atoms with E-state index in [0.29, 0.717) is 17.5 Å². The van der Waals surface area contributed by atoms with Crippen molar-refractivity contribution < 1.29 is 8.83 Å². The lowest BCUT2D eigenvalue weighted by molar-refractivity contribution is 0.669. The van der Waals surface area contributed by atoms with Crippen molar-refractivity contribution in [2.75, 3.05) is 0 Å². The molecular weight excluding hydrogens is 829 g/mol. The van der Waals surface area contributed by atoms with Crippen LogP contribution in [0.1, 0.15) is 0 Å². The largest absolute Gasteiger partial charge is 0.455 e. The van der Waals surface area contributed by atoms with E-state index in [9.17, 15) is 0 Å². The second-order valence-corrected chi connectivity index (χ2v) is 18.1. The average molecular weight is 861 g/mol. The maximum Gasteiger partial charge on any atom is 0.167 e. The van der Waals surface area contributed by atoms with Crippen molar-refractivity contribution in [3.05, 3.63) is 194 Å². The molecule has 5 heterocycles. The highest BCUT2D eigenvalue weighted by Crippen LogP contribution is 2.45. The van der Waals surface area contributed by atoms with Gasteiger partial charge in [0.05, 0.1) is 27.7 Å². The van der Waals surface area contributed by atoms with Crippen molar-refractivity contribution in [2.24, 2.45) is 0 Å². The number of hydrogen-bond donors (Lipinski definition) is 0. The monoisotopic (exact) mass is 860 g/mol. The van der Waals surface area contributed by atoms with Crippen LogP contribution in [-0.4, -0.2) is 19.5 Å². The molecule has 0 fully saturated rings. The lowest BCUT2D eigenvalue weighted by Gasteiger charge is -2.14. The Kier molecular flexibility index (Phi) is 7.28. The van der Waals surface area contributed by atoms with Crippen LogP contribution in [0, 0.1) is 0 Å². The van der Waals surface area contributed by atoms with Crippen molar-refractivity contribution >= 4 is 119 Å². The van der Waals surface area contributed by atoms with Gasteiger partial charge < -0.3 is 13.4 Å². The third kappa shape index (κ3) is 5.08. The van der Waals surface area contributed by atoms with Crippen LogP contribution in [0.5, 0.6) is 0 Å². The fraction of sp³-hybridized carbons (Fsp3) is 0. The Morgan fingerprint density at radius 3 is 1.91 bits per heavy atom. The predicted molar refractivity (Wildman–Crippen MR) is 273 cm³/mol. The molecule has 10 aromatic carbocycles. The summed E-state index contributed by atoms with van der Waals surface area (Å²) < 4.78 is 18.5. The Morgan fingerprint density at radius 2 is 1.03 bits per heavy atom. The number of nitrogens with zero attached hydrogens (tertiary/aromatic N) is 4. The molecule has 0 saturated heterocycles. The molecule has 6 nitrogen and oxygen atoms in total. The zero-order chi connectivity index (χ0) is 43.0. The van der Waals surface area contributed by atoms with Crippen molar-refractivity contribution in [1.82, 2.24) is 19.5 Å². The second-order valence-electron chi connectivity index (χ2n) is 17.1. The number of benzene rings is 10. The number of hydrogen-bond acceptors (Lipinski definition) is 6. The Balaban J connectivity index is 1.07. The molecule has 0 aliphatic heterocycles. The number of para-hydroxylation sites is 3. The number of thiophene rings is 1. The summed E-state index contributed by atoms with van der Waals surface area (Å²) in [6.45, 7) is 0. The minimum Gasteiger partial charge on any atom is -0.455 e. The molecule has 66 heavy (non-hydrogen) atoms. The Bertz CT molecular complexity index is 4420. The van der Waals surface area contributed by atoms with Gasteiger partial charge in [-0.2, -0.15) is 0 Å². The number of furan rings is 2. The van der Waals surface area contributed by atoms with Crippen molar-refractivity contribution in [3.63, 3.8) is 0 Å². The molecule has 0 radical (unpaired) electrons. The highest BCUT2D eigenvalue weighted by atomic mass is 32.1. The molecule has 0 saturated carbocycles. The summed E-state index contributed by atoms with van der Waals surface area (Å²) in [6, 6.07) is 68.5. The molecule has 5 aromatic heterocycles. The van der Waals surface area contributed by atoms with Crippen LogP contribution < -0.4 is 0 Å². The molecule has 0 N–H and O–H groups in total. The summed E-state index contributed by atoms with van der Waals surface area (Å²) in [4.78, 5) is 16.2. The van der Waals surface area contributed by atoms with Gasteiger partial charge in [-0.25, -0.2) is 15.0 Å². The van der Waals surface area contributed by atoms with Gasteiger partial charge >= 0.3 is 0 Å². The standard InChI is InChI=1S/C59H32N4O2S/c1-2-15-35-30-48-46(29-34(35)14-1)38-17-5-8-24-47(38)63(48)49-31-36(32-51-53(49)43-28-27-33-13-3-4-16-37(33)54(43)65-51)57-60-58(44-22-11-20-41-39-18-6-9-25-50(39)64-55(41)44)62-59(61-57)45-23-12-21-42-40-19-7-10-26-52(40)66-56(42)45/h1-32H. The molecule has 15 aromatic rings. The van der Waals surface area contributed by atoms with E-state index >= 15 is 0 Å². The normalized spacial score (nSPS) is 12.2. The second kappa shape index (κ2) is 13.4. The minimum atomic E-state index is 0.526. The van der Waals surface area contributed by atoms with E-state index in [4.69, 9.17) is 23.8 Å². The highest BCUT2D eigenvalue weighted by molar-refractivity contribution is 7.26. The van der Waals surface area contributed by atoms with Gasteiger partial charge in [0.1, 0.15) is 22.3 Å². The molecule has 306 valence electrons. The van der Waals surface area contributed by atoms with Crippen LogP contribution in [0.4, 0.5) is 0 Å². The van der Waals surface area contributed by atoms with E-state index in [2.05, 4.69) is 180 Å². The third-order valence-corrected chi connectivity index (χ3v) is 14.6. The maximum absolute atomic E-state index is 7.08. The molecule has 15 rings (SSSR count). The van der Waals surface area contributed by atoms with Crippen LogP contribution in [0.15, 0.2) is 203 Å². The van der Waals surface area contributed by atoms with Crippen molar-refractivity contribution in [2.45, 2.75) is 0 Å². The minimum absolute atomic E-state index is 0.526. The molecular formula is C59H32N4O2S. The molecule has 7 heteroatoms. The smallest absolute Gasteiger partial charge is 0.167 e. The Morgan fingerprint density at radius 1 is 0.379 bits per heavy atom. The zero-order valence-electron chi connectivity index (χ0n) is 35.0. The molecule has 0 amide bonds. The van der Waals surface area contributed by atoms with Crippen molar-refractivity contribution in [3.8, 4) is 39.9 Å². The van der Waals surface area contributed by atoms with Gasteiger partial charge in [-0.1, -0.05) is 133 Å². The summed E-state index contributed by atoms with van der Waals surface area (Å²) in [6.07, 6.45) is 0. The average Bonchev–Trinajstić information content (AvgIpc) is 4.14. The van der Waals surface area contributed by atoms with Crippen molar-refractivity contribution in [1.29, 1.82) is 0 Å². The first-order valence-electron chi connectivity index (χ1n) is 22.1. The number of rotatable bonds is 4. The first kappa shape index (κ1) is 35.8. The third-order valence-electron chi connectivity index (χ3n) is 13.4. The maximum atomic E-state index is 7.08. The van der Waals surface area contributed by atoms with E-state index in [1.165, 1.54) is 37.0 Å². The van der Waals surface area contributed by atoms with Crippen LogP contribution in [-0.2, 0) is 0 Å². The molecule has 0 aliphatic carbocycles. The Labute approximate surface area is 379 Å². The van der Waals surface area contributed by atoms with Gasteiger partial charge in [0.2, 0.25) is 0 Å². The molecule has 0 spiro atoms. The molecule has 0 aliphatic rings. The van der Waals surface area contributed by atoms with Crippen LogP contribution >= 0.6 is 11.3 Å². The molecule has 0 atom stereocenters. The lowest BCUT2D eigenvalue weighted by Crippen LogP contribution is -2.02. The molecule has 0 unspecified atom stereocenters. The first-order valence-corrected chi connectivity index (χ1v) is 22.9. The quantitative estimate of drug-likeness (QED) is 0.176. The molecule has 0 bridgehead atoms. The summed E-state index contributed by atoms with van der Waals surface area (Å²) in [5.74, 6) is 1.64. The van der Waals surface area contributed by atoms with Gasteiger partial charge in [0.25, 0.3) is 0 Å². The van der Waals surface area contributed by atoms with E-state index in [-0.39, 0.29) is 0 Å². The topological polar surface area (TPSA) is 69.9 Å². The van der Waals surface area contributed by atoms with E-state index in [1.54, 1.807) is 11.3 Å². The SMILES string of the molecule is c1ccc2cc3c(cc2c1)c1ccccc1n3-c1cc(-c2nc(-c3cccc4c3oc3ccccc34)nc(-c3cccc4c3sc3ccccc34)n2)cc2oc3c4ccccc4ccc3c12. The highest BCUT2D eigenvalue weighted by Gasteiger charge is 2.24. The lowest BCUT2D eigenvalue weighted by atomic mass is 10.0. The van der Waals surface area contributed by atoms with Gasteiger partial charge in [-0.05, 0) is 76.8 Å². The summed E-state index contributed by atoms with van der Waals surface area (Å²) in [5, 5.41) is 13.4. The van der Waals surface area contributed by atoms with Gasteiger partial charge in [-0.3, -0.25) is 0 Å². The number of fused-ring (bicyclic) bond motifs is 15. The fourth-order valence-electron chi connectivity index (χ4n) is 10.4. The van der Waals surface area contributed by atoms with E-state index < -0.39 is 0 Å². The summed E-state index contributed by atoms with van der Waals surface area (Å²) in [7, 11) is 0. The Hall–Kier alpha value is -8.65. The zero-order valence-corrected chi connectivity index (χ0v) is 35.8. The van der Waals surface area contributed by atoms with Gasteiger partial charge in [0.15, 0.2) is 17.5 Å².